The molecule has 5 nitrogen and oxygen atoms in total. The van der Waals surface area contributed by atoms with Crippen molar-refractivity contribution in [2.75, 3.05) is 19.0 Å². The van der Waals surface area contributed by atoms with Crippen molar-refractivity contribution in [2.45, 2.75) is 19.3 Å². The minimum atomic E-state index is -0.133. The number of methoxy groups -OCH3 is 1. The molecule has 1 rings (SSSR count). The number of carbonyl (C=O) groups excluding carboxylic acids is 1. The molecule has 0 radical (unpaired) electrons. The number of anilines is 1. The van der Waals surface area contributed by atoms with Crippen molar-refractivity contribution in [3.8, 4) is 11.8 Å². The first-order chi connectivity index (χ1) is 8.71. The number of nitriles is 1. The van der Waals surface area contributed by atoms with Crippen molar-refractivity contribution in [3.05, 3.63) is 23.8 Å². The van der Waals surface area contributed by atoms with E-state index in [1.807, 2.05) is 6.07 Å². The Kier molecular flexibility index (Phi) is 5.68. The number of aliphatic hydroxyl groups is 1. The van der Waals surface area contributed by atoms with E-state index in [1.54, 1.807) is 18.2 Å². The summed E-state index contributed by atoms with van der Waals surface area (Å²) in [5.74, 6) is 0.330. The zero-order valence-electron chi connectivity index (χ0n) is 10.3. The Morgan fingerprint density at radius 2 is 2.28 bits per heavy atom. The molecule has 0 saturated carbocycles. The quantitative estimate of drug-likeness (QED) is 0.750. The molecule has 96 valence electrons. The summed E-state index contributed by atoms with van der Waals surface area (Å²) in [6, 6.07) is 6.83. The van der Waals surface area contributed by atoms with Gasteiger partial charge in [-0.2, -0.15) is 5.26 Å². The van der Waals surface area contributed by atoms with E-state index < -0.39 is 0 Å². The number of unbranched alkanes of at least 4 members (excludes halogenated alkanes) is 1. The Hall–Kier alpha value is -2.06. The molecule has 0 bridgehead atoms. The fourth-order valence-electron chi connectivity index (χ4n) is 1.47. The van der Waals surface area contributed by atoms with Crippen LogP contribution >= 0.6 is 0 Å². The average Bonchev–Trinajstić information content (AvgIpc) is 2.39. The highest BCUT2D eigenvalue weighted by Crippen LogP contribution is 2.25. The van der Waals surface area contributed by atoms with Gasteiger partial charge in [-0.3, -0.25) is 4.79 Å². The molecule has 5 heteroatoms. The second-order valence-corrected chi connectivity index (χ2v) is 3.76. The van der Waals surface area contributed by atoms with Crippen LogP contribution in [-0.2, 0) is 4.79 Å². The van der Waals surface area contributed by atoms with Crippen LogP contribution in [0.25, 0.3) is 0 Å². The van der Waals surface area contributed by atoms with E-state index in [0.29, 0.717) is 36.3 Å². The van der Waals surface area contributed by atoms with Gasteiger partial charge in [0, 0.05) is 19.1 Å². The predicted octanol–water partition coefficient (Wildman–Crippen LogP) is 1.67. The van der Waals surface area contributed by atoms with Crippen LogP contribution in [-0.4, -0.2) is 24.7 Å². The van der Waals surface area contributed by atoms with Crippen molar-refractivity contribution < 1.29 is 14.6 Å². The third-order valence-corrected chi connectivity index (χ3v) is 2.42. The zero-order chi connectivity index (χ0) is 13.4. The average molecular weight is 248 g/mol. The molecule has 0 aliphatic rings. The smallest absolute Gasteiger partial charge is 0.224 e. The second kappa shape index (κ2) is 7.30. The Morgan fingerprint density at radius 1 is 1.50 bits per heavy atom. The molecule has 0 spiro atoms. The van der Waals surface area contributed by atoms with E-state index in [4.69, 9.17) is 15.1 Å². The number of rotatable bonds is 6. The molecule has 0 fully saturated rings. The molecule has 2 N–H and O–H groups in total. The maximum atomic E-state index is 11.6. The number of nitrogens with one attached hydrogen (secondary N) is 1. The first kappa shape index (κ1) is 14.0. The van der Waals surface area contributed by atoms with Gasteiger partial charge in [0.2, 0.25) is 5.91 Å². The van der Waals surface area contributed by atoms with Gasteiger partial charge < -0.3 is 15.2 Å². The van der Waals surface area contributed by atoms with Crippen molar-refractivity contribution in [1.29, 1.82) is 5.26 Å². The number of benzene rings is 1. The van der Waals surface area contributed by atoms with Gasteiger partial charge >= 0.3 is 0 Å². The molecule has 1 aromatic rings. The molecule has 0 aromatic heterocycles. The summed E-state index contributed by atoms with van der Waals surface area (Å²) < 4.78 is 5.11. The number of carbonyl (C=O) groups is 1. The molecule has 0 saturated heterocycles. The van der Waals surface area contributed by atoms with Crippen molar-refractivity contribution >= 4 is 11.6 Å². The van der Waals surface area contributed by atoms with Crippen LogP contribution in [0.5, 0.6) is 5.75 Å². The maximum absolute atomic E-state index is 11.6. The number of hydrogen-bond acceptors (Lipinski definition) is 4. The summed E-state index contributed by atoms with van der Waals surface area (Å²) in [6.07, 6.45) is 1.60. The summed E-state index contributed by atoms with van der Waals surface area (Å²) in [5, 5.41) is 20.1. The van der Waals surface area contributed by atoms with Gasteiger partial charge in [0.1, 0.15) is 5.75 Å². The van der Waals surface area contributed by atoms with Crippen LogP contribution in [0, 0.1) is 11.3 Å². The lowest BCUT2D eigenvalue weighted by Crippen LogP contribution is -2.12. The lowest BCUT2D eigenvalue weighted by atomic mass is 10.2. The highest BCUT2D eigenvalue weighted by atomic mass is 16.5. The molecular formula is C13H16N2O3. The Balaban J connectivity index is 2.66. The van der Waals surface area contributed by atoms with Gasteiger partial charge in [0.15, 0.2) is 0 Å². The van der Waals surface area contributed by atoms with Crippen molar-refractivity contribution in [2.24, 2.45) is 0 Å². The topological polar surface area (TPSA) is 82.3 Å². The molecule has 0 aliphatic carbocycles. The van der Waals surface area contributed by atoms with Gasteiger partial charge in [0.05, 0.1) is 24.4 Å². The van der Waals surface area contributed by atoms with Crippen LogP contribution in [0.4, 0.5) is 5.69 Å². The van der Waals surface area contributed by atoms with Crippen molar-refractivity contribution in [3.63, 3.8) is 0 Å². The summed E-state index contributed by atoms with van der Waals surface area (Å²) in [6.45, 7) is 0.0907. The molecule has 0 unspecified atom stereocenters. The lowest BCUT2D eigenvalue weighted by molar-refractivity contribution is -0.116. The second-order valence-electron chi connectivity index (χ2n) is 3.76. The molecule has 18 heavy (non-hydrogen) atoms. The summed E-state index contributed by atoms with van der Waals surface area (Å²) >= 11 is 0. The Bertz CT molecular complexity index is 452. The van der Waals surface area contributed by atoms with Gasteiger partial charge in [-0.1, -0.05) is 0 Å². The van der Waals surface area contributed by atoms with Crippen molar-refractivity contribution in [1.82, 2.24) is 0 Å². The fraction of sp³-hybridized carbons (Fsp3) is 0.385. The third-order valence-electron chi connectivity index (χ3n) is 2.42. The molecule has 0 atom stereocenters. The number of nitrogens with zero attached hydrogens (tertiary/aromatic N) is 1. The van der Waals surface area contributed by atoms with Gasteiger partial charge in [-0.25, -0.2) is 0 Å². The first-order valence-corrected chi connectivity index (χ1v) is 5.70. The number of amides is 1. The third kappa shape index (κ3) is 4.07. The van der Waals surface area contributed by atoms with E-state index in [0.717, 1.165) is 0 Å². The number of hydrogen-bond donors (Lipinski definition) is 2. The van der Waals surface area contributed by atoms with Crippen LogP contribution in [0.1, 0.15) is 24.8 Å². The SMILES string of the molecule is COc1cc(C#N)ccc1NC(=O)CCCCO. The highest BCUT2D eigenvalue weighted by Gasteiger charge is 2.08. The predicted molar refractivity (Wildman–Crippen MR) is 67.3 cm³/mol. The molecule has 0 heterocycles. The van der Waals surface area contributed by atoms with Crippen LogP contribution < -0.4 is 10.1 Å². The minimum absolute atomic E-state index is 0.0907. The maximum Gasteiger partial charge on any atom is 0.224 e. The van der Waals surface area contributed by atoms with Gasteiger partial charge in [-0.05, 0) is 25.0 Å². The van der Waals surface area contributed by atoms with Crippen LogP contribution in [0.2, 0.25) is 0 Å². The Morgan fingerprint density at radius 3 is 2.89 bits per heavy atom. The molecular weight excluding hydrogens is 232 g/mol. The number of ether oxygens (including phenoxy) is 1. The van der Waals surface area contributed by atoms with Crippen LogP contribution in [0.15, 0.2) is 18.2 Å². The summed E-state index contributed by atoms with van der Waals surface area (Å²) in [7, 11) is 1.48. The highest BCUT2D eigenvalue weighted by molar-refractivity contribution is 5.92. The normalized spacial score (nSPS) is 9.61. The minimum Gasteiger partial charge on any atom is -0.495 e. The largest absolute Gasteiger partial charge is 0.495 e. The van der Waals surface area contributed by atoms with Crippen LogP contribution in [0.3, 0.4) is 0 Å². The monoisotopic (exact) mass is 248 g/mol. The van der Waals surface area contributed by atoms with E-state index in [9.17, 15) is 4.79 Å². The summed E-state index contributed by atoms with van der Waals surface area (Å²) in [4.78, 5) is 11.6. The van der Waals surface area contributed by atoms with E-state index in [-0.39, 0.29) is 12.5 Å². The molecule has 1 aromatic carbocycles. The first-order valence-electron chi connectivity index (χ1n) is 5.70. The van der Waals surface area contributed by atoms with E-state index in [1.165, 1.54) is 7.11 Å². The van der Waals surface area contributed by atoms with E-state index >= 15 is 0 Å². The summed E-state index contributed by atoms with van der Waals surface area (Å²) in [5.41, 5.74) is 1.02. The van der Waals surface area contributed by atoms with E-state index in [2.05, 4.69) is 5.32 Å². The lowest BCUT2D eigenvalue weighted by Gasteiger charge is -2.10. The number of aliphatic hydroxyl groups excluding tert-OH is 1. The van der Waals surface area contributed by atoms with Gasteiger partial charge in [-0.15, -0.1) is 0 Å². The Labute approximate surface area is 106 Å². The molecule has 0 aliphatic heterocycles. The van der Waals surface area contributed by atoms with Gasteiger partial charge in [0.25, 0.3) is 0 Å². The fourth-order valence-corrected chi connectivity index (χ4v) is 1.47. The molecule has 1 amide bonds. The standard InChI is InChI=1S/C13H16N2O3/c1-18-12-8-10(9-14)5-6-11(12)15-13(17)4-2-3-7-16/h5-6,8,16H,2-4,7H2,1H3,(H,15,17). The zero-order valence-corrected chi connectivity index (χ0v) is 10.3.